The molecule has 0 unspecified atom stereocenters. The van der Waals surface area contributed by atoms with E-state index in [1.54, 1.807) is 12.2 Å². The first-order valence-corrected chi connectivity index (χ1v) is 11.1. The van der Waals surface area contributed by atoms with E-state index in [9.17, 15) is 9.59 Å². The van der Waals surface area contributed by atoms with Gasteiger partial charge in [0.15, 0.2) is 0 Å². The SMILES string of the molecule is C=CCN1C(=O)S/C(=C/c2cc(C)n(-c3ccc(OCc4ccccc4)cc3)c2C)C1=O. The zero-order chi connectivity index (χ0) is 22.7. The van der Waals surface area contributed by atoms with Crippen molar-refractivity contribution in [1.29, 1.82) is 0 Å². The Labute approximate surface area is 192 Å². The fourth-order valence-electron chi connectivity index (χ4n) is 3.69. The second-order valence-corrected chi connectivity index (χ2v) is 8.50. The summed E-state index contributed by atoms with van der Waals surface area (Å²) in [6.07, 6.45) is 3.35. The van der Waals surface area contributed by atoms with Gasteiger partial charge in [-0.2, -0.15) is 0 Å². The number of rotatable bonds is 7. The highest BCUT2D eigenvalue weighted by Crippen LogP contribution is 2.33. The van der Waals surface area contributed by atoms with E-state index < -0.39 is 0 Å². The second-order valence-electron chi connectivity index (χ2n) is 7.51. The lowest BCUT2D eigenvalue weighted by Gasteiger charge is -2.11. The molecule has 2 aromatic carbocycles. The van der Waals surface area contributed by atoms with Crippen molar-refractivity contribution in [2.75, 3.05) is 6.54 Å². The first-order valence-electron chi connectivity index (χ1n) is 10.3. The summed E-state index contributed by atoms with van der Waals surface area (Å²) in [5.41, 5.74) is 5.08. The highest BCUT2D eigenvalue weighted by molar-refractivity contribution is 8.18. The van der Waals surface area contributed by atoms with Crippen molar-refractivity contribution in [3.05, 3.63) is 101 Å². The van der Waals surface area contributed by atoms with E-state index in [2.05, 4.69) is 11.1 Å². The molecule has 1 saturated heterocycles. The number of ether oxygens (including phenoxy) is 1. The monoisotopic (exact) mass is 444 g/mol. The molecule has 1 aromatic heterocycles. The van der Waals surface area contributed by atoms with Crippen LogP contribution in [0, 0.1) is 13.8 Å². The summed E-state index contributed by atoms with van der Waals surface area (Å²) in [6.45, 7) is 8.38. The Morgan fingerprint density at radius 3 is 2.44 bits per heavy atom. The van der Waals surface area contributed by atoms with Crippen LogP contribution in [-0.4, -0.2) is 27.2 Å². The first-order chi connectivity index (χ1) is 15.5. The fourth-order valence-corrected chi connectivity index (χ4v) is 4.53. The molecule has 32 heavy (non-hydrogen) atoms. The van der Waals surface area contributed by atoms with Crippen LogP contribution in [0.2, 0.25) is 0 Å². The van der Waals surface area contributed by atoms with Gasteiger partial charge in [-0.3, -0.25) is 14.5 Å². The summed E-state index contributed by atoms with van der Waals surface area (Å²) in [5, 5.41) is -0.263. The highest BCUT2D eigenvalue weighted by atomic mass is 32.2. The van der Waals surface area contributed by atoms with Gasteiger partial charge in [-0.1, -0.05) is 36.4 Å². The third kappa shape index (κ3) is 4.41. The molecule has 1 aliphatic heterocycles. The maximum atomic E-state index is 12.5. The molecule has 1 aliphatic rings. The molecule has 1 fully saturated rings. The van der Waals surface area contributed by atoms with Crippen molar-refractivity contribution < 1.29 is 14.3 Å². The molecule has 0 spiro atoms. The molecule has 4 rings (SSSR count). The van der Waals surface area contributed by atoms with E-state index in [0.29, 0.717) is 11.5 Å². The lowest BCUT2D eigenvalue weighted by molar-refractivity contribution is -0.122. The molecule has 2 amide bonds. The summed E-state index contributed by atoms with van der Waals surface area (Å²) in [5.74, 6) is 0.529. The third-order valence-electron chi connectivity index (χ3n) is 5.29. The smallest absolute Gasteiger partial charge is 0.293 e. The van der Waals surface area contributed by atoms with Gasteiger partial charge >= 0.3 is 0 Å². The molecule has 6 heteroatoms. The van der Waals surface area contributed by atoms with Crippen LogP contribution in [0.15, 0.2) is 78.2 Å². The Morgan fingerprint density at radius 1 is 1.03 bits per heavy atom. The van der Waals surface area contributed by atoms with Gasteiger partial charge < -0.3 is 9.30 Å². The molecular weight excluding hydrogens is 420 g/mol. The number of carbonyl (C=O) groups excluding carboxylic acids is 2. The Hall–Kier alpha value is -3.51. The lowest BCUT2D eigenvalue weighted by atomic mass is 10.2. The van der Waals surface area contributed by atoms with Crippen LogP contribution in [0.1, 0.15) is 22.5 Å². The van der Waals surface area contributed by atoms with Crippen LogP contribution in [0.4, 0.5) is 4.79 Å². The molecule has 0 N–H and O–H groups in total. The van der Waals surface area contributed by atoms with E-state index >= 15 is 0 Å². The van der Waals surface area contributed by atoms with Gasteiger partial charge in [0.1, 0.15) is 12.4 Å². The van der Waals surface area contributed by atoms with Crippen molar-refractivity contribution in [2.45, 2.75) is 20.5 Å². The minimum atomic E-state index is -0.273. The van der Waals surface area contributed by atoms with Gasteiger partial charge in [0.05, 0.1) is 4.91 Å². The van der Waals surface area contributed by atoms with Crippen LogP contribution in [0.5, 0.6) is 5.75 Å². The predicted molar refractivity (Wildman–Crippen MR) is 129 cm³/mol. The molecule has 162 valence electrons. The van der Waals surface area contributed by atoms with Crippen LogP contribution >= 0.6 is 11.8 Å². The summed E-state index contributed by atoms with van der Waals surface area (Å²) >= 11 is 0.967. The van der Waals surface area contributed by atoms with Crippen molar-refractivity contribution in [3.63, 3.8) is 0 Å². The largest absolute Gasteiger partial charge is 0.489 e. The lowest BCUT2D eigenvalue weighted by Crippen LogP contribution is -2.27. The number of aryl methyl sites for hydroxylation is 1. The highest BCUT2D eigenvalue weighted by Gasteiger charge is 2.34. The molecule has 0 aliphatic carbocycles. The predicted octanol–water partition coefficient (Wildman–Crippen LogP) is 5.90. The average molecular weight is 445 g/mol. The van der Waals surface area contributed by atoms with E-state index in [-0.39, 0.29) is 17.7 Å². The number of aromatic nitrogens is 1. The maximum Gasteiger partial charge on any atom is 0.293 e. The van der Waals surface area contributed by atoms with Gasteiger partial charge in [-0.15, -0.1) is 6.58 Å². The first kappa shape index (κ1) is 21.7. The Bertz CT molecular complexity index is 1190. The van der Waals surface area contributed by atoms with Crippen LogP contribution in [0.3, 0.4) is 0 Å². The normalized spacial score (nSPS) is 14.9. The Morgan fingerprint density at radius 2 is 1.75 bits per heavy atom. The molecule has 0 bridgehead atoms. The summed E-state index contributed by atoms with van der Waals surface area (Å²) in [6, 6.07) is 20.0. The van der Waals surface area contributed by atoms with Gasteiger partial charge in [0.25, 0.3) is 11.1 Å². The zero-order valence-corrected chi connectivity index (χ0v) is 18.9. The van der Waals surface area contributed by atoms with E-state index in [4.69, 9.17) is 4.74 Å². The zero-order valence-electron chi connectivity index (χ0n) is 18.1. The van der Waals surface area contributed by atoms with Gasteiger partial charge in [-0.25, -0.2) is 0 Å². The Balaban J connectivity index is 1.54. The fraction of sp³-hybridized carbons (Fsp3) is 0.154. The number of thioether (sulfide) groups is 1. The molecule has 5 nitrogen and oxygen atoms in total. The molecular formula is C26H24N2O3S. The molecule has 3 aromatic rings. The maximum absolute atomic E-state index is 12.5. The standard InChI is InChI=1S/C26H24N2O3S/c1-4-14-27-25(29)24(32-26(27)30)16-21-15-18(2)28(19(21)3)22-10-12-23(13-11-22)31-17-20-8-6-5-7-9-20/h4-13,15-16H,1,14,17H2,2-3H3/b24-16+. The van der Waals surface area contributed by atoms with Crippen molar-refractivity contribution in [1.82, 2.24) is 9.47 Å². The molecule has 2 heterocycles. The van der Waals surface area contributed by atoms with E-state index in [0.717, 1.165) is 45.7 Å². The van der Waals surface area contributed by atoms with Gasteiger partial charge in [-0.05, 0) is 73.1 Å². The van der Waals surface area contributed by atoms with Gasteiger partial charge in [0.2, 0.25) is 0 Å². The second kappa shape index (κ2) is 9.32. The number of benzene rings is 2. The summed E-state index contributed by atoms with van der Waals surface area (Å²) in [7, 11) is 0. The third-order valence-corrected chi connectivity index (χ3v) is 6.19. The van der Waals surface area contributed by atoms with E-state index in [1.165, 1.54) is 4.90 Å². The number of imide groups is 1. The average Bonchev–Trinajstić information content (AvgIpc) is 3.23. The van der Waals surface area contributed by atoms with Crippen molar-refractivity contribution in [3.8, 4) is 11.4 Å². The topological polar surface area (TPSA) is 51.5 Å². The van der Waals surface area contributed by atoms with Crippen LogP contribution in [0.25, 0.3) is 11.8 Å². The number of nitrogens with zero attached hydrogens (tertiary/aromatic N) is 2. The number of hydrogen-bond acceptors (Lipinski definition) is 4. The van der Waals surface area contributed by atoms with Crippen molar-refractivity contribution >= 4 is 29.0 Å². The molecule has 0 radical (unpaired) electrons. The molecule has 0 saturated carbocycles. The number of carbonyl (C=O) groups is 2. The van der Waals surface area contributed by atoms with Gasteiger partial charge in [0, 0.05) is 23.6 Å². The van der Waals surface area contributed by atoms with Crippen LogP contribution in [-0.2, 0) is 11.4 Å². The van der Waals surface area contributed by atoms with Crippen molar-refractivity contribution in [2.24, 2.45) is 0 Å². The minimum Gasteiger partial charge on any atom is -0.489 e. The molecule has 0 atom stereocenters. The van der Waals surface area contributed by atoms with Crippen LogP contribution < -0.4 is 4.74 Å². The quantitative estimate of drug-likeness (QED) is 0.337. The summed E-state index contributed by atoms with van der Waals surface area (Å²) in [4.78, 5) is 26.3. The minimum absolute atomic E-state index is 0.222. The number of amides is 2. The Kier molecular flexibility index (Phi) is 6.32. The summed E-state index contributed by atoms with van der Waals surface area (Å²) < 4.78 is 8.01. The number of hydrogen-bond donors (Lipinski definition) is 0. The van der Waals surface area contributed by atoms with E-state index in [1.807, 2.05) is 74.5 Å².